The number of hydrogen-bond acceptors (Lipinski definition) is 7. The highest BCUT2D eigenvalue weighted by atomic mass is 28.3. The number of hydrogen-bond donors (Lipinski definition) is 1. The molecule has 4 aliphatic heterocycles. The molecule has 11 nitrogen and oxygen atoms in total. The highest BCUT2D eigenvalue weighted by Crippen LogP contribution is 2.60. The Balaban J connectivity index is 1.21. The minimum absolute atomic E-state index is 0.0228. The van der Waals surface area contributed by atoms with Crippen LogP contribution in [0.4, 0.5) is 17.1 Å². The molecule has 4 aromatic rings. The maximum Gasteiger partial charge on any atom is 0.264 e. The molecule has 3 saturated heterocycles. The van der Waals surface area contributed by atoms with Crippen LogP contribution in [0.3, 0.4) is 0 Å². The van der Waals surface area contributed by atoms with E-state index in [0.717, 1.165) is 27.8 Å². The number of β-lactam (4-membered cyclic amide) rings is 2. The van der Waals surface area contributed by atoms with Gasteiger partial charge in [0.1, 0.15) is 5.75 Å². The predicted molar refractivity (Wildman–Crippen MR) is 221 cm³/mol. The van der Waals surface area contributed by atoms with E-state index in [1.807, 2.05) is 84.9 Å². The quantitative estimate of drug-likeness (QED) is 0.144. The SMILES string of the molecule is COc1ccc([Si](C)(C)[C@@H]2[C@@H](CC(=O)N(CCO)Cc3ccccc3)O[C@]3(C(=O)N(Cc4cccc(N5CCC5=O)c4)c4ccc(N5CCC5=O)cc43)[C@H]2C)cc1. The van der Waals surface area contributed by atoms with E-state index in [0.29, 0.717) is 49.4 Å². The Bertz CT molecular complexity index is 2200. The summed E-state index contributed by atoms with van der Waals surface area (Å²) in [4.78, 5) is 62.0. The van der Waals surface area contributed by atoms with Gasteiger partial charge in [0.25, 0.3) is 5.91 Å². The molecule has 1 spiro atoms. The molecule has 0 aromatic heterocycles. The summed E-state index contributed by atoms with van der Waals surface area (Å²) >= 11 is 0. The summed E-state index contributed by atoms with van der Waals surface area (Å²) in [6, 6.07) is 31.3. The Morgan fingerprint density at radius 3 is 2.16 bits per heavy atom. The topological polar surface area (TPSA) is 120 Å². The lowest BCUT2D eigenvalue weighted by Gasteiger charge is -2.37. The van der Waals surface area contributed by atoms with E-state index in [9.17, 15) is 19.5 Å². The summed E-state index contributed by atoms with van der Waals surface area (Å²) in [6.45, 7) is 8.46. The molecule has 12 heteroatoms. The van der Waals surface area contributed by atoms with Crippen molar-refractivity contribution in [1.82, 2.24) is 4.90 Å². The molecule has 0 aliphatic carbocycles. The number of benzene rings is 4. The summed E-state index contributed by atoms with van der Waals surface area (Å²) < 4.78 is 12.8. The summed E-state index contributed by atoms with van der Waals surface area (Å²) in [6.07, 6.45) is 0.374. The average molecular weight is 787 g/mol. The number of amides is 4. The first-order valence-electron chi connectivity index (χ1n) is 19.9. The molecule has 0 saturated carbocycles. The van der Waals surface area contributed by atoms with Crippen molar-refractivity contribution in [2.45, 2.75) is 69.6 Å². The minimum Gasteiger partial charge on any atom is -0.497 e. The van der Waals surface area contributed by atoms with Crippen molar-refractivity contribution in [2.75, 3.05) is 48.1 Å². The second-order valence-electron chi connectivity index (χ2n) is 16.2. The molecule has 0 unspecified atom stereocenters. The lowest BCUT2D eigenvalue weighted by molar-refractivity contribution is -0.150. The molecular formula is C45H50N4O7Si. The van der Waals surface area contributed by atoms with Gasteiger partial charge in [0, 0.05) is 61.9 Å². The van der Waals surface area contributed by atoms with Gasteiger partial charge in [0.15, 0.2) is 5.60 Å². The number of aliphatic hydroxyl groups excluding tert-OH is 1. The van der Waals surface area contributed by atoms with Gasteiger partial charge in [-0.15, -0.1) is 0 Å². The molecule has 1 N–H and O–H groups in total. The van der Waals surface area contributed by atoms with Gasteiger partial charge >= 0.3 is 0 Å². The summed E-state index contributed by atoms with van der Waals surface area (Å²) in [5.41, 5.74) is 3.09. The minimum atomic E-state index is -2.58. The van der Waals surface area contributed by atoms with Crippen molar-refractivity contribution < 1.29 is 33.8 Å². The molecule has 0 bridgehead atoms. The van der Waals surface area contributed by atoms with Gasteiger partial charge in [-0.05, 0) is 59.1 Å². The Hall–Kier alpha value is -5.30. The number of fused-ring (bicyclic) bond motifs is 2. The van der Waals surface area contributed by atoms with Crippen LogP contribution in [0.15, 0.2) is 97.1 Å². The smallest absolute Gasteiger partial charge is 0.264 e. The fourth-order valence-electron chi connectivity index (χ4n) is 9.53. The standard InChI is InChI=1S/C45H50N4O7Si/c1-30-43(57(3,4)36-16-14-35(55-2)15-17-36)39(27-42(53)46(23-24-50)28-31-9-6-5-7-10-31)56-45(30)37-26-34(48-22-20-41(48)52)13-18-38(37)49(44(45)54)29-32-11-8-12-33(25-32)47-21-19-40(47)51/h5-18,25-26,30,39,43,50H,19-24,27-29H2,1-4H3/t30-,39+,43-,45+/m0/s1. The van der Waals surface area contributed by atoms with E-state index in [1.165, 1.54) is 0 Å². The van der Waals surface area contributed by atoms with Crippen molar-refractivity contribution in [3.63, 3.8) is 0 Å². The monoisotopic (exact) mass is 786 g/mol. The number of anilines is 3. The highest BCUT2D eigenvalue weighted by Gasteiger charge is 2.66. The predicted octanol–water partition coefficient (Wildman–Crippen LogP) is 5.34. The van der Waals surface area contributed by atoms with Gasteiger partial charge in [0.2, 0.25) is 17.7 Å². The van der Waals surface area contributed by atoms with Gasteiger partial charge in [0.05, 0.1) is 46.5 Å². The second-order valence-corrected chi connectivity index (χ2v) is 20.9. The van der Waals surface area contributed by atoms with E-state index < -0.39 is 19.8 Å². The number of nitrogens with zero attached hydrogens (tertiary/aromatic N) is 4. The van der Waals surface area contributed by atoms with Crippen molar-refractivity contribution in [3.05, 3.63) is 114 Å². The van der Waals surface area contributed by atoms with E-state index >= 15 is 4.79 Å². The molecule has 4 heterocycles. The largest absolute Gasteiger partial charge is 0.497 e. The van der Waals surface area contributed by atoms with Crippen LogP contribution < -0.4 is 24.6 Å². The highest BCUT2D eigenvalue weighted by molar-refractivity contribution is 6.91. The Labute approximate surface area is 334 Å². The first-order valence-corrected chi connectivity index (χ1v) is 22.9. The first kappa shape index (κ1) is 38.6. The van der Waals surface area contributed by atoms with Crippen LogP contribution in [0.25, 0.3) is 0 Å². The lowest BCUT2D eigenvalue weighted by atomic mass is 9.82. The van der Waals surface area contributed by atoms with Gasteiger partial charge in [-0.1, -0.05) is 79.8 Å². The van der Waals surface area contributed by atoms with E-state index in [2.05, 4.69) is 32.2 Å². The number of rotatable bonds is 13. The molecule has 4 amide bonds. The normalized spacial score (nSPS) is 22.8. The van der Waals surface area contributed by atoms with Crippen molar-refractivity contribution in [1.29, 1.82) is 0 Å². The Kier molecular flexibility index (Phi) is 10.3. The third kappa shape index (κ3) is 6.73. The van der Waals surface area contributed by atoms with Crippen molar-refractivity contribution in [3.8, 4) is 5.75 Å². The Morgan fingerprint density at radius 2 is 1.54 bits per heavy atom. The number of aliphatic hydroxyl groups is 1. The van der Waals surface area contributed by atoms with Crippen molar-refractivity contribution in [2.24, 2.45) is 5.92 Å². The molecule has 296 valence electrons. The first-order chi connectivity index (χ1) is 27.5. The summed E-state index contributed by atoms with van der Waals surface area (Å²) in [7, 11) is -0.943. The van der Waals surface area contributed by atoms with Crippen LogP contribution in [-0.2, 0) is 42.6 Å². The van der Waals surface area contributed by atoms with Crippen LogP contribution in [0.5, 0.6) is 5.75 Å². The fraction of sp³-hybridized carbons (Fsp3) is 0.378. The Morgan fingerprint density at radius 1 is 0.877 bits per heavy atom. The summed E-state index contributed by atoms with van der Waals surface area (Å²) in [5.74, 6) is 0.105. The zero-order valence-corrected chi connectivity index (χ0v) is 34.0. The van der Waals surface area contributed by atoms with Gasteiger partial charge in [-0.2, -0.15) is 0 Å². The second kappa shape index (κ2) is 15.2. The lowest BCUT2D eigenvalue weighted by Crippen LogP contribution is -2.52. The maximum atomic E-state index is 15.5. The van der Waals surface area contributed by atoms with Crippen LogP contribution in [-0.4, -0.2) is 81.2 Å². The molecule has 57 heavy (non-hydrogen) atoms. The average Bonchev–Trinajstić information content (AvgIpc) is 3.62. The van der Waals surface area contributed by atoms with E-state index in [-0.39, 0.29) is 61.2 Å². The summed E-state index contributed by atoms with van der Waals surface area (Å²) in [5, 5.41) is 11.2. The van der Waals surface area contributed by atoms with E-state index in [4.69, 9.17) is 9.47 Å². The third-order valence-electron chi connectivity index (χ3n) is 12.7. The number of carbonyl (C=O) groups is 4. The van der Waals surface area contributed by atoms with Crippen LogP contribution in [0, 0.1) is 5.92 Å². The fourth-order valence-corrected chi connectivity index (χ4v) is 13.5. The number of ether oxygens (including phenoxy) is 2. The third-order valence-corrected chi connectivity index (χ3v) is 17.1. The molecule has 3 fully saturated rings. The zero-order chi connectivity index (χ0) is 40.1. The van der Waals surface area contributed by atoms with E-state index in [1.54, 1.807) is 26.7 Å². The molecular weight excluding hydrogens is 737 g/mol. The molecule has 8 rings (SSSR count). The number of carbonyl (C=O) groups excluding carboxylic acids is 4. The zero-order valence-electron chi connectivity index (χ0n) is 33.0. The molecule has 4 aromatic carbocycles. The molecule has 4 atom stereocenters. The van der Waals surface area contributed by atoms with Crippen LogP contribution >= 0.6 is 0 Å². The molecule has 4 aliphatic rings. The van der Waals surface area contributed by atoms with Gasteiger partial charge < -0.3 is 34.2 Å². The van der Waals surface area contributed by atoms with Crippen LogP contribution in [0.1, 0.15) is 42.9 Å². The van der Waals surface area contributed by atoms with Crippen LogP contribution in [0.2, 0.25) is 18.6 Å². The maximum absolute atomic E-state index is 15.5. The van der Waals surface area contributed by atoms with Crippen molar-refractivity contribution >= 4 is 54.0 Å². The van der Waals surface area contributed by atoms with Gasteiger partial charge in [-0.3, -0.25) is 19.2 Å². The molecule has 0 radical (unpaired) electrons. The number of methoxy groups -OCH3 is 1. The van der Waals surface area contributed by atoms with Gasteiger partial charge in [-0.25, -0.2) is 0 Å².